The molecule has 0 heterocycles. The Bertz CT molecular complexity index is 139. The van der Waals surface area contributed by atoms with Crippen LogP contribution in [0, 0.1) is 0 Å². The van der Waals surface area contributed by atoms with Crippen LogP contribution >= 0.6 is 18.9 Å². The molecule has 0 aliphatic rings. The van der Waals surface area contributed by atoms with Crippen molar-refractivity contribution in [3.05, 3.63) is 0 Å². The van der Waals surface area contributed by atoms with E-state index in [1.54, 1.807) is 0 Å². The van der Waals surface area contributed by atoms with Crippen LogP contribution in [0.1, 0.15) is 66.2 Å². The van der Waals surface area contributed by atoms with E-state index >= 15 is 0 Å². The van der Waals surface area contributed by atoms with Crippen molar-refractivity contribution in [1.82, 2.24) is 0 Å². The highest BCUT2D eigenvalue weighted by Crippen LogP contribution is 2.65. The molecule has 0 aromatic rings. The third-order valence-electron chi connectivity index (χ3n) is 3.63. The van der Waals surface area contributed by atoms with Crippen LogP contribution in [0.4, 0.5) is 0 Å². The molecule has 0 saturated carbocycles. The standard InChI is InChI=1S/C14H31ClP.ClH/c1-5-8-11-16(14(4)15,12-9-6-2)13-10-7-3;/h14H,5-13H2,1-4H3;1H/q+1;/p-1. The number of hydrogen-bond acceptors (Lipinski definition) is 0. The highest BCUT2D eigenvalue weighted by molar-refractivity contribution is 7.77. The molecule has 0 saturated heterocycles. The smallest absolute Gasteiger partial charge is 0.139 e. The molecule has 0 aliphatic heterocycles. The van der Waals surface area contributed by atoms with Gasteiger partial charge in [-0.25, -0.2) is 0 Å². The molecule has 0 aromatic carbocycles. The van der Waals surface area contributed by atoms with Gasteiger partial charge in [-0.2, -0.15) is 0 Å². The Morgan fingerprint density at radius 1 is 0.824 bits per heavy atom. The first-order valence-corrected chi connectivity index (χ1v) is 9.97. The maximum absolute atomic E-state index is 6.56. The molecular formula is C14H31Cl2P. The van der Waals surface area contributed by atoms with Crippen molar-refractivity contribution in [2.24, 2.45) is 0 Å². The summed E-state index contributed by atoms with van der Waals surface area (Å²) in [7, 11) is -0.852. The lowest BCUT2D eigenvalue weighted by Crippen LogP contribution is -3.00. The average Bonchev–Trinajstić information content (AvgIpc) is 2.28. The van der Waals surface area contributed by atoms with Gasteiger partial charge in [0, 0.05) is 7.26 Å². The summed E-state index contributed by atoms with van der Waals surface area (Å²) in [6, 6.07) is 0. The van der Waals surface area contributed by atoms with Crippen molar-refractivity contribution in [3.8, 4) is 0 Å². The molecule has 0 bridgehead atoms. The number of unbranched alkanes of at least 4 members (excludes halogenated alkanes) is 3. The van der Waals surface area contributed by atoms with Crippen LogP contribution in [0.5, 0.6) is 0 Å². The van der Waals surface area contributed by atoms with E-state index in [1.807, 2.05) is 0 Å². The normalized spacial score (nSPS) is 13.2. The van der Waals surface area contributed by atoms with E-state index in [1.165, 1.54) is 57.0 Å². The lowest BCUT2D eigenvalue weighted by Gasteiger charge is -2.30. The molecule has 0 rings (SSSR count). The van der Waals surface area contributed by atoms with E-state index in [0.29, 0.717) is 5.12 Å². The number of alkyl halides is 1. The predicted molar refractivity (Wildman–Crippen MR) is 81.6 cm³/mol. The van der Waals surface area contributed by atoms with E-state index in [9.17, 15) is 0 Å². The summed E-state index contributed by atoms with van der Waals surface area (Å²) in [6.07, 6.45) is 12.4. The molecule has 0 fully saturated rings. The highest BCUT2D eigenvalue weighted by Gasteiger charge is 2.40. The fraction of sp³-hybridized carbons (Fsp3) is 1.00. The largest absolute Gasteiger partial charge is 1.00 e. The van der Waals surface area contributed by atoms with Crippen molar-refractivity contribution in [2.45, 2.75) is 71.3 Å². The molecule has 0 amide bonds. The summed E-state index contributed by atoms with van der Waals surface area (Å²) in [5.41, 5.74) is 0. The number of hydrogen-bond donors (Lipinski definition) is 0. The monoisotopic (exact) mass is 300 g/mol. The first kappa shape index (κ1) is 20.3. The van der Waals surface area contributed by atoms with Gasteiger partial charge in [0.25, 0.3) is 0 Å². The quantitative estimate of drug-likeness (QED) is 0.430. The fourth-order valence-corrected chi connectivity index (χ4v) is 7.74. The van der Waals surface area contributed by atoms with Gasteiger partial charge < -0.3 is 12.4 Å². The fourth-order valence-electron chi connectivity index (χ4n) is 2.29. The number of rotatable bonds is 10. The Labute approximate surface area is 121 Å². The van der Waals surface area contributed by atoms with Gasteiger partial charge in [0.2, 0.25) is 0 Å². The summed E-state index contributed by atoms with van der Waals surface area (Å²) in [4.78, 5) is 0. The lowest BCUT2D eigenvalue weighted by atomic mass is 10.4. The molecule has 17 heavy (non-hydrogen) atoms. The van der Waals surface area contributed by atoms with Crippen molar-refractivity contribution >= 4 is 18.9 Å². The minimum absolute atomic E-state index is 0. The van der Waals surface area contributed by atoms with Crippen LogP contribution in [0.2, 0.25) is 0 Å². The van der Waals surface area contributed by atoms with E-state index in [0.717, 1.165) is 0 Å². The Morgan fingerprint density at radius 3 is 1.29 bits per heavy atom. The molecule has 0 aliphatic carbocycles. The minimum atomic E-state index is -0.852. The zero-order valence-corrected chi connectivity index (χ0v) is 14.6. The maximum atomic E-state index is 6.56. The average molecular weight is 301 g/mol. The van der Waals surface area contributed by atoms with Gasteiger partial charge in [0.05, 0.1) is 18.5 Å². The van der Waals surface area contributed by atoms with Crippen molar-refractivity contribution in [3.63, 3.8) is 0 Å². The van der Waals surface area contributed by atoms with Crippen molar-refractivity contribution < 1.29 is 12.4 Å². The Hall–Kier alpha value is 1.01. The third kappa shape index (κ3) is 7.91. The van der Waals surface area contributed by atoms with Crippen LogP contribution in [0.3, 0.4) is 0 Å². The zero-order chi connectivity index (χ0) is 12.4. The molecule has 0 aromatic heterocycles. The van der Waals surface area contributed by atoms with Gasteiger partial charge in [0.15, 0.2) is 0 Å². The van der Waals surface area contributed by atoms with E-state index < -0.39 is 7.26 Å². The van der Waals surface area contributed by atoms with E-state index in [4.69, 9.17) is 11.6 Å². The Kier molecular flexibility index (Phi) is 14.4. The summed E-state index contributed by atoms with van der Waals surface area (Å²) < 4.78 is 0. The molecule has 106 valence electrons. The van der Waals surface area contributed by atoms with Crippen molar-refractivity contribution in [2.75, 3.05) is 18.5 Å². The zero-order valence-electron chi connectivity index (χ0n) is 12.1. The van der Waals surface area contributed by atoms with Crippen LogP contribution in [0.25, 0.3) is 0 Å². The number of halogens is 2. The predicted octanol–water partition coefficient (Wildman–Crippen LogP) is 2.99. The summed E-state index contributed by atoms with van der Waals surface area (Å²) in [6.45, 7) is 9.16. The second kappa shape index (κ2) is 12.1. The molecule has 1 unspecified atom stereocenters. The Morgan fingerprint density at radius 2 is 1.12 bits per heavy atom. The lowest BCUT2D eigenvalue weighted by molar-refractivity contribution is -0.00000367. The highest BCUT2D eigenvalue weighted by atomic mass is 35.5. The Balaban J connectivity index is 0. The van der Waals surface area contributed by atoms with E-state index in [-0.39, 0.29) is 12.4 Å². The second-order valence-electron chi connectivity index (χ2n) is 5.02. The first-order chi connectivity index (χ1) is 7.63. The van der Waals surface area contributed by atoms with Crippen molar-refractivity contribution in [1.29, 1.82) is 0 Å². The van der Waals surface area contributed by atoms with E-state index in [2.05, 4.69) is 27.7 Å². The van der Waals surface area contributed by atoms with Gasteiger partial charge in [-0.15, -0.1) is 0 Å². The molecule has 0 spiro atoms. The van der Waals surface area contributed by atoms with Crippen LogP contribution in [-0.2, 0) is 0 Å². The summed E-state index contributed by atoms with van der Waals surface area (Å²) in [5.74, 6) is 0. The van der Waals surface area contributed by atoms with Gasteiger partial charge in [0.1, 0.15) is 5.12 Å². The molecule has 0 nitrogen and oxygen atoms in total. The first-order valence-electron chi connectivity index (χ1n) is 7.12. The molecular weight excluding hydrogens is 270 g/mol. The molecule has 3 heteroatoms. The second-order valence-corrected chi connectivity index (χ2v) is 10.5. The molecule has 0 N–H and O–H groups in total. The minimum Gasteiger partial charge on any atom is -1.00 e. The van der Waals surface area contributed by atoms with Gasteiger partial charge in [-0.3, -0.25) is 0 Å². The maximum Gasteiger partial charge on any atom is 0.139 e. The third-order valence-corrected chi connectivity index (χ3v) is 10.00. The summed E-state index contributed by atoms with van der Waals surface area (Å²) >= 11 is 6.56. The molecule has 1 atom stereocenters. The topological polar surface area (TPSA) is 0 Å². The SMILES string of the molecule is CCCC[P+](CCCC)(CCCC)C(C)Cl.[Cl-]. The van der Waals surface area contributed by atoms with Crippen LogP contribution in [0.15, 0.2) is 0 Å². The van der Waals surface area contributed by atoms with Gasteiger partial charge in [-0.1, -0.05) is 51.6 Å². The van der Waals surface area contributed by atoms with Crippen LogP contribution in [-0.4, -0.2) is 23.6 Å². The van der Waals surface area contributed by atoms with Gasteiger partial charge >= 0.3 is 0 Å². The molecule has 0 radical (unpaired) electrons. The van der Waals surface area contributed by atoms with Gasteiger partial charge in [-0.05, 0) is 26.2 Å². The van der Waals surface area contributed by atoms with Crippen LogP contribution < -0.4 is 12.4 Å². The summed E-state index contributed by atoms with van der Waals surface area (Å²) in [5, 5.41) is 0.442.